The molecule has 0 spiro atoms. The molecular formula is C21H34N6O. The number of hydrogen-bond acceptors (Lipinski definition) is 6. The van der Waals surface area contributed by atoms with Crippen LogP contribution in [0.1, 0.15) is 60.9 Å². The summed E-state index contributed by atoms with van der Waals surface area (Å²) < 4.78 is 0. The molecule has 0 bridgehead atoms. The van der Waals surface area contributed by atoms with Crippen LogP contribution in [-0.4, -0.2) is 76.5 Å². The molecule has 7 heteroatoms. The van der Waals surface area contributed by atoms with Crippen LogP contribution in [0.15, 0.2) is 0 Å². The minimum Gasteiger partial charge on any atom is -0.355 e. The van der Waals surface area contributed by atoms with Gasteiger partial charge in [-0.3, -0.25) is 9.69 Å². The summed E-state index contributed by atoms with van der Waals surface area (Å²) in [6, 6.07) is 0.180. The Morgan fingerprint density at radius 2 is 1.86 bits per heavy atom. The number of aryl methyl sites for hydroxylation is 1. The van der Waals surface area contributed by atoms with Crippen molar-refractivity contribution in [2.75, 3.05) is 44.2 Å². The second-order valence-corrected chi connectivity index (χ2v) is 8.79. The van der Waals surface area contributed by atoms with Crippen LogP contribution in [0.3, 0.4) is 0 Å². The van der Waals surface area contributed by atoms with Crippen LogP contribution in [0.25, 0.3) is 0 Å². The Morgan fingerprint density at radius 3 is 2.39 bits per heavy atom. The molecule has 3 aliphatic rings. The standard InChI is InChI=1S/C21H34N6O/c1-4-21(27-9-5-10-27)7-12-25(13-8-21)20(28)18-23-16(3)15(2)19(24-18)26-11-6-17(22)14-26/h17H,4-14,22H2,1-3H3/t17-/m1/s1. The number of likely N-dealkylation sites (tertiary alicyclic amines) is 2. The largest absolute Gasteiger partial charge is 0.355 e. The van der Waals surface area contributed by atoms with E-state index in [-0.39, 0.29) is 17.5 Å². The predicted octanol–water partition coefficient (Wildman–Crippen LogP) is 1.72. The van der Waals surface area contributed by atoms with Crippen LogP contribution < -0.4 is 10.6 Å². The fraction of sp³-hybridized carbons (Fsp3) is 0.762. The number of hydrogen-bond donors (Lipinski definition) is 1. The van der Waals surface area contributed by atoms with Crippen LogP contribution in [0.4, 0.5) is 5.82 Å². The summed E-state index contributed by atoms with van der Waals surface area (Å²) in [6.07, 6.45) is 5.54. The van der Waals surface area contributed by atoms with Crippen LogP contribution in [0, 0.1) is 13.8 Å². The maximum absolute atomic E-state index is 13.2. The highest BCUT2D eigenvalue weighted by Crippen LogP contribution is 2.35. The summed E-state index contributed by atoms with van der Waals surface area (Å²) in [5.74, 6) is 1.19. The Kier molecular flexibility index (Phi) is 5.31. The summed E-state index contributed by atoms with van der Waals surface area (Å²) >= 11 is 0. The van der Waals surface area contributed by atoms with Crippen LogP contribution in [0.2, 0.25) is 0 Å². The third kappa shape index (κ3) is 3.39. The molecule has 1 aromatic heterocycles. The first kappa shape index (κ1) is 19.6. The average molecular weight is 387 g/mol. The van der Waals surface area contributed by atoms with E-state index in [1.165, 1.54) is 19.5 Å². The summed E-state index contributed by atoms with van der Waals surface area (Å²) in [7, 11) is 0. The molecule has 3 aliphatic heterocycles. The number of nitrogens with zero attached hydrogens (tertiary/aromatic N) is 5. The van der Waals surface area contributed by atoms with E-state index >= 15 is 0 Å². The Balaban J connectivity index is 1.50. The molecule has 3 fully saturated rings. The average Bonchev–Trinajstić information content (AvgIpc) is 3.08. The fourth-order valence-electron chi connectivity index (χ4n) is 4.95. The molecule has 3 saturated heterocycles. The van der Waals surface area contributed by atoms with Crippen molar-refractivity contribution >= 4 is 11.7 Å². The van der Waals surface area contributed by atoms with E-state index < -0.39 is 0 Å². The summed E-state index contributed by atoms with van der Waals surface area (Å²) in [6.45, 7) is 12.0. The topological polar surface area (TPSA) is 78.6 Å². The lowest BCUT2D eigenvalue weighted by atomic mass is 9.81. The third-order valence-electron chi connectivity index (χ3n) is 7.25. The molecule has 0 radical (unpaired) electrons. The van der Waals surface area contributed by atoms with E-state index in [1.54, 1.807) is 0 Å². The number of aromatic nitrogens is 2. The highest BCUT2D eigenvalue weighted by Gasteiger charge is 2.41. The van der Waals surface area contributed by atoms with E-state index in [4.69, 9.17) is 10.7 Å². The quantitative estimate of drug-likeness (QED) is 0.849. The van der Waals surface area contributed by atoms with E-state index in [0.29, 0.717) is 5.82 Å². The first-order valence-electron chi connectivity index (χ1n) is 10.8. The number of anilines is 1. The Hall–Kier alpha value is -1.73. The van der Waals surface area contributed by atoms with E-state index in [9.17, 15) is 4.79 Å². The van der Waals surface area contributed by atoms with Gasteiger partial charge in [0.25, 0.3) is 5.91 Å². The number of piperidine rings is 1. The van der Waals surface area contributed by atoms with Gasteiger partial charge in [0.1, 0.15) is 5.82 Å². The van der Waals surface area contributed by atoms with Crippen molar-refractivity contribution in [3.05, 3.63) is 17.1 Å². The second kappa shape index (κ2) is 7.59. The van der Waals surface area contributed by atoms with Crippen molar-refractivity contribution in [3.63, 3.8) is 0 Å². The lowest BCUT2D eigenvalue weighted by molar-refractivity contribution is -0.0180. The molecule has 0 aromatic carbocycles. The van der Waals surface area contributed by atoms with Gasteiger partial charge in [-0.15, -0.1) is 0 Å². The van der Waals surface area contributed by atoms with Crippen LogP contribution in [-0.2, 0) is 0 Å². The zero-order chi connectivity index (χ0) is 19.9. The minimum atomic E-state index is -0.0267. The molecule has 1 atom stereocenters. The summed E-state index contributed by atoms with van der Waals surface area (Å²) in [5.41, 5.74) is 8.30. The first-order valence-corrected chi connectivity index (χ1v) is 10.8. The summed E-state index contributed by atoms with van der Waals surface area (Å²) in [5, 5.41) is 0. The smallest absolute Gasteiger partial charge is 0.291 e. The van der Waals surface area contributed by atoms with Crippen LogP contribution >= 0.6 is 0 Å². The van der Waals surface area contributed by atoms with Crippen molar-refractivity contribution in [2.45, 2.75) is 64.5 Å². The molecule has 28 heavy (non-hydrogen) atoms. The van der Waals surface area contributed by atoms with Gasteiger partial charge in [-0.2, -0.15) is 0 Å². The maximum atomic E-state index is 13.2. The molecule has 7 nitrogen and oxygen atoms in total. The third-order valence-corrected chi connectivity index (χ3v) is 7.25. The summed E-state index contributed by atoms with van der Waals surface area (Å²) in [4.78, 5) is 29.2. The van der Waals surface area contributed by atoms with Crippen molar-refractivity contribution in [1.29, 1.82) is 0 Å². The van der Waals surface area contributed by atoms with Gasteiger partial charge in [0.15, 0.2) is 0 Å². The number of rotatable bonds is 4. The SMILES string of the molecule is CCC1(N2CCC2)CCN(C(=O)c2nc(C)c(C)c(N3CC[C@@H](N)C3)n2)CC1. The highest BCUT2D eigenvalue weighted by molar-refractivity contribution is 5.91. The zero-order valence-corrected chi connectivity index (χ0v) is 17.6. The zero-order valence-electron chi connectivity index (χ0n) is 17.6. The molecule has 1 amide bonds. The predicted molar refractivity (Wildman–Crippen MR) is 111 cm³/mol. The Morgan fingerprint density at radius 1 is 1.14 bits per heavy atom. The molecule has 154 valence electrons. The fourth-order valence-corrected chi connectivity index (χ4v) is 4.95. The molecule has 0 saturated carbocycles. The van der Waals surface area contributed by atoms with Gasteiger partial charge >= 0.3 is 0 Å². The van der Waals surface area contributed by atoms with Gasteiger partial charge in [0.05, 0.1) is 0 Å². The van der Waals surface area contributed by atoms with Gasteiger partial charge in [0, 0.05) is 49.0 Å². The Labute approximate surface area is 168 Å². The highest BCUT2D eigenvalue weighted by atomic mass is 16.2. The monoisotopic (exact) mass is 386 g/mol. The van der Waals surface area contributed by atoms with E-state index in [1.807, 2.05) is 18.7 Å². The molecule has 0 unspecified atom stereocenters. The van der Waals surface area contributed by atoms with Gasteiger partial charge in [-0.1, -0.05) is 6.92 Å². The van der Waals surface area contributed by atoms with Gasteiger partial charge in [0.2, 0.25) is 5.82 Å². The minimum absolute atomic E-state index is 0.0267. The van der Waals surface area contributed by atoms with Gasteiger partial charge in [-0.05, 0) is 59.0 Å². The number of carbonyl (C=O) groups excluding carboxylic acids is 1. The van der Waals surface area contributed by atoms with Crippen molar-refractivity contribution in [2.24, 2.45) is 5.73 Å². The van der Waals surface area contributed by atoms with Gasteiger partial charge in [-0.25, -0.2) is 9.97 Å². The first-order chi connectivity index (χ1) is 13.4. The van der Waals surface area contributed by atoms with E-state index in [0.717, 1.165) is 68.9 Å². The van der Waals surface area contributed by atoms with Crippen LogP contribution in [0.5, 0.6) is 0 Å². The molecule has 2 N–H and O–H groups in total. The number of nitrogens with two attached hydrogens (primary N) is 1. The lowest BCUT2D eigenvalue weighted by Gasteiger charge is -2.52. The molecule has 4 heterocycles. The maximum Gasteiger partial charge on any atom is 0.291 e. The van der Waals surface area contributed by atoms with Gasteiger partial charge < -0.3 is 15.5 Å². The number of carbonyl (C=O) groups is 1. The van der Waals surface area contributed by atoms with Crippen molar-refractivity contribution < 1.29 is 4.79 Å². The van der Waals surface area contributed by atoms with Crippen molar-refractivity contribution in [3.8, 4) is 0 Å². The molecule has 1 aromatic rings. The number of amides is 1. The second-order valence-electron chi connectivity index (χ2n) is 8.79. The molecule has 4 rings (SSSR count). The molecular weight excluding hydrogens is 352 g/mol. The van der Waals surface area contributed by atoms with E-state index in [2.05, 4.69) is 21.7 Å². The normalized spacial score (nSPS) is 25.1. The Bertz CT molecular complexity index is 739. The lowest BCUT2D eigenvalue weighted by Crippen LogP contribution is -2.60. The molecule has 0 aliphatic carbocycles. The van der Waals surface area contributed by atoms with Crippen molar-refractivity contribution in [1.82, 2.24) is 19.8 Å².